The summed E-state index contributed by atoms with van der Waals surface area (Å²) in [5.74, 6) is -0.0267. The quantitative estimate of drug-likeness (QED) is 0.932. The van der Waals surface area contributed by atoms with Crippen LogP contribution in [0, 0.1) is 0 Å². The van der Waals surface area contributed by atoms with Gasteiger partial charge in [-0.1, -0.05) is 0 Å². The number of hydrogen-bond acceptors (Lipinski definition) is 3. The van der Waals surface area contributed by atoms with Crippen molar-refractivity contribution in [3.05, 3.63) is 54.4 Å². The molecule has 3 rings (SSSR count). The molecule has 0 bridgehead atoms. The Labute approximate surface area is 123 Å². The van der Waals surface area contributed by atoms with Crippen molar-refractivity contribution in [1.82, 2.24) is 9.88 Å². The van der Waals surface area contributed by atoms with Gasteiger partial charge in [0.05, 0.1) is 11.5 Å². The van der Waals surface area contributed by atoms with E-state index in [1.807, 2.05) is 41.2 Å². The van der Waals surface area contributed by atoms with E-state index < -0.39 is 9.84 Å². The van der Waals surface area contributed by atoms with Crippen LogP contribution in [-0.2, 0) is 9.84 Å². The number of rotatable bonds is 3. The molecule has 6 heteroatoms. The van der Waals surface area contributed by atoms with Crippen molar-refractivity contribution in [2.45, 2.75) is 12.5 Å². The number of carbonyl (C=O) groups excluding carboxylic acids is 1. The summed E-state index contributed by atoms with van der Waals surface area (Å²) in [6.07, 6.45) is 4.35. The second-order valence-electron chi connectivity index (χ2n) is 5.21. The molecule has 1 aliphatic heterocycles. The summed E-state index contributed by atoms with van der Waals surface area (Å²) in [5.41, 5.74) is 1.51. The van der Waals surface area contributed by atoms with Crippen molar-refractivity contribution in [1.29, 1.82) is 0 Å². The predicted molar refractivity (Wildman–Crippen MR) is 80.3 cm³/mol. The van der Waals surface area contributed by atoms with E-state index in [2.05, 4.69) is 5.32 Å². The van der Waals surface area contributed by atoms with Crippen LogP contribution in [-0.4, -0.2) is 36.4 Å². The van der Waals surface area contributed by atoms with Crippen LogP contribution in [0.1, 0.15) is 16.8 Å². The van der Waals surface area contributed by atoms with E-state index in [1.165, 1.54) is 0 Å². The van der Waals surface area contributed by atoms with E-state index in [-0.39, 0.29) is 23.5 Å². The lowest BCUT2D eigenvalue weighted by atomic mass is 10.1. The number of aromatic nitrogens is 1. The zero-order chi connectivity index (χ0) is 14.9. The van der Waals surface area contributed by atoms with Crippen LogP contribution in [0.2, 0.25) is 0 Å². The topological polar surface area (TPSA) is 68.2 Å². The molecule has 1 unspecified atom stereocenters. The van der Waals surface area contributed by atoms with Gasteiger partial charge in [0.15, 0.2) is 9.84 Å². The van der Waals surface area contributed by atoms with Crippen molar-refractivity contribution in [2.75, 3.05) is 11.5 Å². The molecule has 1 aromatic carbocycles. The molecule has 0 radical (unpaired) electrons. The first-order chi connectivity index (χ1) is 10.0. The van der Waals surface area contributed by atoms with Crippen LogP contribution in [0.4, 0.5) is 0 Å². The maximum Gasteiger partial charge on any atom is 0.251 e. The number of nitrogens with one attached hydrogen (secondary N) is 1. The van der Waals surface area contributed by atoms with E-state index in [0.29, 0.717) is 12.0 Å². The van der Waals surface area contributed by atoms with E-state index in [4.69, 9.17) is 0 Å². The maximum atomic E-state index is 12.1. The Morgan fingerprint density at radius 2 is 1.81 bits per heavy atom. The molecule has 1 N–H and O–H groups in total. The second-order valence-corrected chi connectivity index (χ2v) is 7.44. The molecule has 0 saturated carbocycles. The molecule has 0 spiro atoms. The van der Waals surface area contributed by atoms with Gasteiger partial charge >= 0.3 is 0 Å². The van der Waals surface area contributed by atoms with Gasteiger partial charge in [0.2, 0.25) is 0 Å². The van der Waals surface area contributed by atoms with Crippen LogP contribution in [0.25, 0.3) is 5.69 Å². The van der Waals surface area contributed by atoms with Crippen molar-refractivity contribution in [3.8, 4) is 5.69 Å². The molecular weight excluding hydrogens is 288 g/mol. The minimum Gasteiger partial charge on any atom is -0.348 e. The van der Waals surface area contributed by atoms with Gasteiger partial charge in [-0.25, -0.2) is 8.42 Å². The van der Waals surface area contributed by atoms with E-state index in [1.54, 1.807) is 12.1 Å². The largest absolute Gasteiger partial charge is 0.348 e. The third-order valence-electron chi connectivity index (χ3n) is 3.60. The lowest BCUT2D eigenvalue weighted by molar-refractivity contribution is 0.0941. The number of nitrogens with zero attached hydrogens (tertiary/aromatic N) is 1. The Morgan fingerprint density at radius 3 is 2.38 bits per heavy atom. The van der Waals surface area contributed by atoms with Crippen LogP contribution in [0.3, 0.4) is 0 Å². The first kappa shape index (κ1) is 13.9. The first-order valence-corrected chi connectivity index (χ1v) is 8.60. The molecule has 1 aromatic heterocycles. The second kappa shape index (κ2) is 5.37. The van der Waals surface area contributed by atoms with Gasteiger partial charge in [0.1, 0.15) is 0 Å². The zero-order valence-electron chi connectivity index (χ0n) is 11.4. The Kier molecular flexibility index (Phi) is 3.55. The molecule has 2 heterocycles. The van der Waals surface area contributed by atoms with Gasteiger partial charge in [-0.05, 0) is 42.8 Å². The Bertz CT molecular complexity index is 734. The van der Waals surface area contributed by atoms with Gasteiger partial charge in [-0.2, -0.15) is 0 Å². The van der Waals surface area contributed by atoms with Crippen LogP contribution in [0.5, 0.6) is 0 Å². The minimum atomic E-state index is -2.98. The Hall–Kier alpha value is -2.08. The van der Waals surface area contributed by atoms with Crippen molar-refractivity contribution in [3.63, 3.8) is 0 Å². The minimum absolute atomic E-state index is 0.0419. The van der Waals surface area contributed by atoms with Crippen LogP contribution in [0.15, 0.2) is 48.8 Å². The fourth-order valence-corrected chi connectivity index (χ4v) is 4.14. The molecule has 2 aromatic rings. The van der Waals surface area contributed by atoms with E-state index in [0.717, 1.165) is 5.69 Å². The highest BCUT2D eigenvalue weighted by molar-refractivity contribution is 7.91. The predicted octanol–water partition coefficient (Wildman–Crippen LogP) is 1.39. The number of carbonyl (C=O) groups is 1. The van der Waals surface area contributed by atoms with Crippen LogP contribution >= 0.6 is 0 Å². The monoisotopic (exact) mass is 304 g/mol. The molecule has 1 aliphatic rings. The van der Waals surface area contributed by atoms with Crippen molar-refractivity contribution < 1.29 is 13.2 Å². The highest BCUT2D eigenvalue weighted by atomic mass is 32.2. The summed E-state index contributed by atoms with van der Waals surface area (Å²) in [4.78, 5) is 12.1. The third-order valence-corrected chi connectivity index (χ3v) is 5.37. The van der Waals surface area contributed by atoms with Crippen molar-refractivity contribution in [2.24, 2.45) is 0 Å². The lowest BCUT2D eigenvalue weighted by Crippen LogP contribution is -2.35. The SMILES string of the molecule is O=C(NC1CCS(=O)(=O)C1)c1ccc(-n2cccc2)cc1. The zero-order valence-corrected chi connectivity index (χ0v) is 12.2. The van der Waals surface area contributed by atoms with E-state index in [9.17, 15) is 13.2 Å². The lowest BCUT2D eigenvalue weighted by Gasteiger charge is -2.11. The Balaban J connectivity index is 1.68. The van der Waals surface area contributed by atoms with Gasteiger partial charge in [-0.3, -0.25) is 4.79 Å². The number of hydrogen-bond donors (Lipinski definition) is 1. The normalized spacial score (nSPS) is 20.3. The molecule has 1 fully saturated rings. The standard InChI is InChI=1S/C15H16N2O3S/c18-15(16-13-7-10-21(19,20)11-13)12-3-5-14(6-4-12)17-8-1-2-9-17/h1-6,8-9,13H,7,10-11H2,(H,16,18). The Morgan fingerprint density at radius 1 is 1.14 bits per heavy atom. The summed E-state index contributed by atoms with van der Waals surface area (Å²) < 4.78 is 24.7. The third kappa shape index (κ3) is 3.16. The summed E-state index contributed by atoms with van der Waals surface area (Å²) in [6, 6.07) is 10.8. The van der Waals surface area contributed by atoms with Gasteiger partial charge < -0.3 is 9.88 Å². The first-order valence-electron chi connectivity index (χ1n) is 6.78. The molecule has 110 valence electrons. The average molecular weight is 304 g/mol. The number of benzene rings is 1. The average Bonchev–Trinajstić information content (AvgIpc) is 3.09. The summed E-state index contributed by atoms with van der Waals surface area (Å²) >= 11 is 0. The molecule has 1 saturated heterocycles. The molecule has 1 amide bonds. The summed E-state index contributed by atoms with van der Waals surface area (Å²) in [5, 5.41) is 2.78. The van der Waals surface area contributed by atoms with Gasteiger partial charge in [-0.15, -0.1) is 0 Å². The molecule has 0 aliphatic carbocycles. The molecule has 5 nitrogen and oxygen atoms in total. The number of amides is 1. The molecule has 21 heavy (non-hydrogen) atoms. The molecule has 1 atom stereocenters. The smallest absolute Gasteiger partial charge is 0.251 e. The molecular formula is C15H16N2O3S. The van der Waals surface area contributed by atoms with Gasteiger partial charge in [0.25, 0.3) is 5.91 Å². The van der Waals surface area contributed by atoms with E-state index >= 15 is 0 Å². The maximum absolute atomic E-state index is 12.1. The fourth-order valence-electron chi connectivity index (χ4n) is 2.47. The van der Waals surface area contributed by atoms with Crippen LogP contribution < -0.4 is 5.32 Å². The summed E-state index contributed by atoms with van der Waals surface area (Å²) in [6.45, 7) is 0. The highest BCUT2D eigenvalue weighted by Gasteiger charge is 2.29. The highest BCUT2D eigenvalue weighted by Crippen LogP contribution is 2.13. The summed E-state index contributed by atoms with van der Waals surface area (Å²) in [7, 11) is -2.98. The van der Waals surface area contributed by atoms with Gasteiger partial charge in [0, 0.05) is 29.7 Å². The number of sulfone groups is 1. The van der Waals surface area contributed by atoms with Crippen molar-refractivity contribution >= 4 is 15.7 Å². The fraction of sp³-hybridized carbons (Fsp3) is 0.267.